The summed E-state index contributed by atoms with van der Waals surface area (Å²) in [5.41, 5.74) is 0. The molecule has 0 fully saturated rings. The lowest BCUT2D eigenvalue weighted by molar-refractivity contribution is -0.139. The van der Waals surface area contributed by atoms with Gasteiger partial charge in [0.1, 0.15) is 7.11 Å². The van der Waals surface area contributed by atoms with Crippen LogP contribution in [0.25, 0.3) is 0 Å². The van der Waals surface area contributed by atoms with E-state index in [2.05, 4.69) is 25.7 Å². The summed E-state index contributed by atoms with van der Waals surface area (Å²) >= 11 is 0. The van der Waals surface area contributed by atoms with Crippen LogP contribution in [0.3, 0.4) is 0 Å². The zero-order chi connectivity index (χ0) is 10.1. The minimum atomic E-state index is -0.192. The third kappa shape index (κ3) is 7.82. The molecule has 0 aliphatic heterocycles. The van der Waals surface area contributed by atoms with Crippen LogP contribution in [0.5, 0.6) is 0 Å². The number of carbonyl (C=O) groups is 1. The zero-order valence-corrected chi connectivity index (χ0v) is 8.84. The molecule has 1 unspecified atom stereocenters. The first-order chi connectivity index (χ1) is 6.20. The minimum absolute atomic E-state index is 0.192. The van der Waals surface area contributed by atoms with Crippen molar-refractivity contribution in [3.63, 3.8) is 0 Å². The topological polar surface area (TPSA) is 26.3 Å². The Morgan fingerprint density at radius 2 is 2.08 bits per heavy atom. The molecular weight excluding hydrogens is 164 g/mol. The molecule has 0 saturated heterocycles. The molecule has 0 saturated carbocycles. The summed E-state index contributed by atoms with van der Waals surface area (Å²) in [6.07, 6.45) is 6.69. The van der Waals surface area contributed by atoms with Crippen LogP contribution in [0.4, 0.5) is 0 Å². The maximum absolute atomic E-state index is 10.8. The predicted molar refractivity (Wildman–Crippen MR) is 54.0 cm³/mol. The average Bonchev–Trinajstić information content (AvgIpc) is 2.12. The van der Waals surface area contributed by atoms with E-state index < -0.39 is 0 Å². The van der Waals surface area contributed by atoms with E-state index in [-0.39, 0.29) is 5.97 Å². The highest BCUT2D eigenvalue weighted by Crippen LogP contribution is 2.14. The second kappa shape index (κ2) is 8.09. The van der Waals surface area contributed by atoms with Crippen LogP contribution < -0.4 is 0 Å². The van der Waals surface area contributed by atoms with E-state index in [0.29, 0.717) is 12.3 Å². The molecular formula is C11H21O2. The third-order valence-corrected chi connectivity index (χ3v) is 2.23. The highest BCUT2D eigenvalue weighted by atomic mass is 16.5. The van der Waals surface area contributed by atoms with Gasteiger partial charge < -0.3 is 4.74 Å². The number of unbranched alkanes of at least 4 members (excludes halogenated alkanes) is 3. The van der Waals surface area contributed by atoms with E-state index in [0.717, 1.165) is 6.42 Å². The fraction of sp³-hybridized carbons (Fsp3) is 0.818. The smallest absolute Gasteiger partial charge is 0.306 e. The Hall–Kier alpha value is -0.530. The lowest BCUT2D eigenvalue weighted by Gasteiger charge is -2.08. The van der Waals surface area contributed by atoms with Gasteiger partial charge in [0.05, 0.1) is 0 Å². The second-order valence-electron chi connectivity index (χ2n) is 3.67. The van der Waals surface area contributed by atoms with Gasteiger partial charge in [-0.2, -0.15) is 0 Å². The van der Waals surface area contributed by atoms with Crippen LogP contribution in [0, 0.1) is 13.0 Å². The fourth-order valence-corrected chi connectivity index (χ4v) is 1.37. The normalized spacial score (nSPS) is 12.5. The molecule has 0 aromatic carbocycles. The lowest BCUT2D eigenvalue weighted by atomic mass is 10.00. The Kier molecular flexibility index (Phi) is 7.76. The summed E-state index contributed by atoms with van der Waals surface area (Å²) in [4.78, 5) is 10.8. The van der Waals surface area contributed by atoms with Gasteiger partial charge in [0, 0.05) is 6.42 Å². The zero-order valence-electron chi connectivity index (χ0n) is 8.84. The Morgan fingerprint density at radius 3 is 2.62 bits per heavy atom. The first-order valence-electron chi connectivity index (χ1n) is 5.15. The maximum atomic E-state index is 10.8. The van der Waals surface area contributed by atoms with E-state index in [1.807, 2.05) is 0 Å². The van der Waals surface area contributed by atoms with Crippen LogP contribution >= 0.6 is 0 Å². The average molecular weight is 185 g/mol. The quantitative estimate of drug-likeness (QED) is 0.449. The van der Waals surface area contributed by atoms with Gasteiger partial charge in [-0.3, -0.25) is 4.79 Å². The maximum Gasteiger partial charge on any atom is 0.306 e. The van der Waals surface area contributed by atoms with Crippen molar-refractivity contribution in [2.75, 3.05) is 0 Å². The molecule has 77 valence electrons. The summed E-state index contributed by atoms with van der Waals surface area (Å²) in [7, 11) is 3.10. The number of ether oxygens (including phenoxy) is 1. The molecule has 0 aromatic heterocycles. The monoisotopic (exact) mass is 185 g/mol. The van der Waals surface area contributed by atoms with Gasteiger partial charge in [-0.15, -0.1) is 0 Å². The fourth-order valence-electron chi connectivity index (χ4n) is 1.37. The Balaban J connectivity index is 3.29. The molecule has 1 atom stereocenters. The molecule has 2 heteroatoms. The highest BCUT2D eigenvalue weighted by Gasteiger charge is 2.08. The van der Waals surface area contributed by atoms with Crippen molar-refractivity contribution in [3.05, 3.63) is 7.11 Å². The lowest BCUT2D eigenvalue weighted by Crippen LogP contribution is -2.06. The van der Waals surface area contributed by atoms with Crippen molar-refractivity contribution in [2.45, 2.75) is 52.4 Å². The van der Waals surface area contributed by atoms with E-state index in [1.165, 1.54) is 25.7 Å². The summed E-state index contributed by atoms with van der Waals surface area (Å²) < 4.78 is 4.36. The number of carbonyl (C=O) groups excluding carboxylic acids is 1. The standard InChI is InChI=1S/C11H21O2/c1-4-5-6-7-8-10(2)9-11(12)13-3/h10H,3-9H2,1-2H3. The van der Waals surface area contributed by atoms with Crippen molar-refractivity contribution in [3.8, 4) is 0 Å². The Labute approximate surface area is 81.7 Å². The molecule has 0 bridgehead atoms. The molecule has 0 spiro atoms. The largest absolute Gasteiger partial charge is 0.462 e. The molecule has 0 aromatic rings. The SMILES string of the molecule is [CH2]OC(=O)CC(C)CCCCCC. The van der Waals surface area contributed by atoms with Crippen molar-refractivity contribution in [1.82, 2.24) is 0 Å². The van der Waals surface area contributed by atoms with Gasteiger partial charge in [-0.25, -0.2) is 0 Å². The minimum Gasteiger partial charge on any atom is -0.462 e. The summed E-state index contributed by atoms with van der Waals surface area (Å²) in [5.74, 6) is 0.245. The number of hydrogen-bond acceptors (Lipinski definition) is 2. The second-order valence-corrected chi connectivity index (χ2v) is 3.67. The number of hydrogen-bond donors (Lipinski definition) is 0. The van der Waals surface area contributed by atoms with Gasteiger partial charge in [0.25, 0.3) is 0 Å². The van der Waals surface area contributed by atoms with Crippen LogP contribution in [0.2, 0.25) is 0 Å². The van der Waals surface area contributed by atoms with E-state index in [1.54, 1.807) is 0 Å². The molecule has 13 heavy (non-hydrogen) atoms. The number of rotatable bonds is 7. The molecule has 0 amide bonds. The predicted octanol–water partition coefficient (Wildman–Crippen LogP) is 3.32. The van der Waals surface area contributed by atoms with Crippen LogP contribution in [-0.4, -0.2) is 5.97 Å². The first-order valence-corrected chi connectivity index (χ1v) is 5.15. The van der Waals surface area contributed by atoms with Crippen molar-refractivity contribution in [2.24, 2.45) is 5.92 Å². The summed E-state index contributed by atoms with van der Waals surface area (Å²) in [6, 6.07) is 0. The van der Waals surface area contributed by atoms with Gasteiger partial charge in [-0.1, -0.05) is 46.0 Å². The van der Waals surface area contributed by atoms with E-state index in [4.69, 9.17) is 0 Å². The van der Waals surface area contributed by atoms with Crippen LogP contribution in [-0.2, 0) is 9.53 Å². The van der Waals surface area contributed by atoms with Gasteiger partial charge in [0.15, 0.2) is 0 Å². The summed E-state index contributed by atoms with van der Waals surface area (Å²) in [6.45, 7) is 4.28. The van der Waals surface area contributed by atoms with Crippen molar-refractivity contribution < 1.29 is 9.53 Å². The van der Waals surface area contributed by atoms with Crippen LogP contribution in [0.1, 0.15) is 52.4 Å². The van der Waals surface area contributed by atoms with Gasteiger partial charge in [0.2, 0.25) is 0 Å². The van der Waals surface area contributed by atoms with Crippen LogP contribution in [0.15, 0.2) is 0 Å². The molecule has 0 N–H and O–H groups in total. The van der Waals surface area contributed by atoms with E-state index >= 15 is 0 Å². The van der Waals surface area contributed by atoms with Crippen molar-refractivity contribution in [1.29, 1.82) is 0 Å². The third-order valence-electron chi connectivity index (χ3n) is 2.23. The Morgan fingerprint density at radius 1 is 1.38 bits per heavy atom. The molecule has 0 aliphatic rings. The van der Waals surface area contributed by atoms with E-state index in [9.17, 15) is 4.79 Å². The van der Waals surface area contributed by atoms with Gasteiger partial charge >= 0.3 is 5.97 Å². The molecule has 0 rings (SSSR count). The van der Waals surface area contributed by atoms with Gasteiger partial charge in [-0.05, 0) is 5.92 Å². The molecule has 1 radical (unpaired) electrons. The highest BCUT2D eigenvalue weighted by molar-refractivity contribution is 5.69. The molecule has 0 aliphatic carbocycles. The Bertz CT molecular complexity index is 132. The molecule has 0 heterocycles. The summed E-state index contributed by atoms with van der Waals surface area (Å²) in [5, 5.41) is 0. The first kappa shape index (κ1) is 12.5. The number of esters is 1. The molecule has 2 nitrogen and oxygen atoms in total. The van der Waals surface area contributed by atoms with Crippen molar-refractivity contribution >= 4 is 5.97 Å².